The van der Waals surface area contributed by atoms with E-state index in [9.17, 15) is 4.39 Å². The maximum Gasteiger partial charge on any atom is 0.220 e. The lowest BCUT2D eigenvalue weighted by Crippen LogP contribution is -2.44. The third kappa shape index (κ3) is 4.93. The highest BCUT2D eigenvalue weighted by atomic mass is 35.5. The average molecular weight is 426 g/mol. The Hall–Kier alpha value is -1.89. The first-order valence-electron chi connectivity index (χ1n) is 9.11. The number of methoxy groups -OCH3 is 1. The number of piperidine rings is 1. The minimum atomic E-state index is -0.731. The van der Waals surface area contributed by atoms with E-state index in [0.717, 1.165) is 19.4 Å². The summed E-state index contributed by atoms with van der Waals surface area (Å²) in [5, 5.41) is 3.80. The van der Waals surface area contributed by atoms with E-state index in [1.54, 1.807) is 25.3 Å². The van der Waals surface area contributed by atoms with Crippen LogP contribution in [0, 0.1) is 0 Å². The van der Waals surface area contributed by atoms with Gasteiger partial charge < -0.3 is 14.8 Å². The van der Waals surface area contributed by atoms with E-state index in [2.05, 4.69) is 15.3 Å². The molecule has 1 aliphatic rings. The van der Waals surface area contributed by atoms with Crippen molar-refractivity contribution in [1.29, 1.82) is 0 Å². The summed E-state index contributed by atoms with van der Waals surface area (Å²) in [6.07, 6.45) is 6.01. The van der Waals surface area contributed by atoms with E-state index in [1.165, 1.54) is 18.8 Å². The van der Waals surface area contributed by atoms with Crippen LogP contribution in [0.25, 0.3) is 0 Å². The number of aliphatic imine (C=N–C) groups is 1. The topological polar surface area (TPSA) is 55.7 Å². The molecule has 2 aromatic rings. The normalized spacial score (nSPS) is 18.6. The Morgan fingerprint density at radius 1 is 1.25 bits per heavy atom. The van der Waals surface area contributed by atoms with Crippen LogP contribution in [0.3, 0.4) is 0 Å². The summed E-state index contributed by atoms with van der Waals surface area (Å²) in [5.74, 6) is 0.252. The number of nitrogens with zero attached hydrogens (tertiary/aromatic N) is 2. The molecule has 2 unspecified atom stereocenters. The van der Waals surface area contributed by atoms with Crippen LogP contribution < -0.4 is 14.8 Å². The van der Waals surface area contributed by atoms with Crippen LogP contribution in [0.15, 0.2) is 35.6 Å². The summed E-state index contributed by atoms with van der Waals surface area (Å²) in [5.41, 5.74) is 0.373. The number of rotatable bonds is 6. The van der Waals surface area contributed by atoms with Gasteiger partial charge in [-0.15, -0.1) is 0 Å². The van der Waals surface area contributed by atoms with E-state index in [4.69, 9.17) is 32.7 Å². The molecule has 2 heterocycles. The van der Waals surface area contributed by atoms with Gasteiger partial charge in [0, 0.05) is 24.0 Å². The number of benzene rings is 1. The molecule has 1 aromatic heterocycles. The van der Waals surface area contributed by atoms with Crippen LogP contribution in [0.5, 0.6) is 11.5 Å². The largest absolute Gasteiger partial charge is 0.493 e. The lowest BCUT2D eigenvalue weighted by molar-refractivity contribution is 0.148. The quantitative estimate of drug-likeness (QED) is 0.633. The Balaban J connectivity index is 1.86. The minimum Gasteiger partial charge on any atom is -0.493 e. The first kappa shape index (κ1) is 20.8. The summed E-state index contributed by atoms with van der Waals surface area (Å²) < 4.78 is 26.3. The van der Waals surface area contributed by atoms with Crippen LogP contribution >= 0.6 is 23.2 Å². The molecule has 1 aliphatic heterocycles. The van der Waals surface area contributed by atoms with Gasteiger partial charge in [0.05, 0.1) is 17.2 Å². The van der Waals surface area contributed by atoms with Gasteiger partial charge in [-0.05, 0) is 44.5 Å². The summed E-state index contributed by atoms with van der Waals surface area (Å²) >= 11 is 12.0. The highest BCUT2D eigenvalue weighted by molar-refractivity contribution is 6.38. The summed E-state index contributed by atoms with van der Waals surface area (Å²) in [6.45, 7) is 2.97. The lowest BCUT2D eigenvalue weighted by Gasteiger charge is -2.29. The van der Waals surface area contributed by atoms with Gasteiger partial charge in [-0.1, -0.05) is 29.6 Å². The zero-order chi connectivity index (χ0) is 20.1. The smallest absolute Gasteiger partial charge is 0.220 e. The van der Waals surface area contributed by atoms with Crippen molar-refractivity contribution in [1.82, 2.24) is 10.3 Å². The van der Waals surface area contributed by atoms with Gasteiger partial charge >= 0.3 is 0 Å². The summed E-state index contributed by atoms with van der Waals surface area (Å²) in [6, 6.07) is 5.03. The fourth-order valence-electron chi connectivity index (χ4n) is 3.13. The monoisotopic (exact) mass is 425 g/mol. The SMILES string of the molecule is COc1ccc(/C(F)=N/c2c(Cl)cncc2Cl)cc1OC(C)C1CCCCN1. The lowest BCUT2D eigenvalue weighted by atomic mass is 10.0. The van der Waals surface area contributed by atoms with E-state index < -0.39 is 5.97 Å². The van der Waals surface area contributed by atoms with E-state index in [1.807, 2.05) is 6.92 Å². The molecular formula is C20H22Cl2FN3O2. The number of pyridine rings is 1. The van der Waals surface area contributed by atoms with Gasteiger partial charge in [-0.2, -0.15) is 4.39 Å². The first-order chi connectivity index (χ1) is 13.5. The molecule has 1 saturated heterocycles. The predicted molar refractivity (Wildman–Crippen MR) is 110 cm³/mol. The van der Waals surface area contributed by atoms with Gasteiger partial charge in [0.15, 0.2) is 11.5 Å². The second-order valence-electron chi connectivity index (χ2n) is 6.60. The van der Waals surface area contributed by atoms with Crippen LogP contribution in [0.2, 0.25) is 10.0 Å². The van der Waals surface area contributed by atoms with E-state index in [-0.39, 0.29) is 33.4 Å². The third-order valence-electron chi connectivity index (χ3n) is 4.67. The summed E-state index contributed by atoms with van der Waals surface area (Å²) in [4.78, 5) is 7.77. The van der Waals surface area contributed by atoms with Crippen LogP contribution in [-0.4, -0.2) is 36.7 Å². The molecule has 150 valence electrons. The highest BCUT2D eigenvalue weighted by Gasteiger charge is 2.22. The van der Waals surface area contributed by atoms with Crippen molar-refractivity contribution in [3.63, 3.8) is 0 Å². The number of hydrogen-bond acceptors (Lipinski definition) is 5. The van der Waals surface area contributed by atoms with Crippen LogP contribution in [0.4, 0.5) is 10.1 Å². The zero-order valence-corrected chi connectivity index (χ0v) is 17.2. The van der Waals surface area contributed by atoms with Crippen LogP contribution in [0.1, 0.15) is 31.7 Å². The molecule has 8 heteroatoms. The molecule has 1 N–H and O–H groups in total. The van der Waals surface area contributed by atoms with E-state index in [0.29, 0.717) is 11.5 Å². The highest BCUT2D eigenvalue weighted by Crippen LogP contribution is 2.34. The van der Waals surface area contributed by atoms with Crippen molar-refractivity contribution in [2.24, 2.45) is 4.99 Å². The average Bonchev–Trinajstić information content (AvgIpc) is 2.71. The number of nitrogens with one attached hydrogen (secondary N) is 1. The van der Waals surface area contributed by atoms with Gasteiger partial charge in [-0.3, -0.25) is 4.98 Å². The minimum absolute atomic E-state index is 0.0893. The second-order valence-corrected chi connectivity index (χ2v) is 7.41. The Kier molecular flexibility index (Phi) is 7.10. The molecule has 5 nitrogen and oxygen atoms in total. The number of hydrogen-bond donors (Lipinski definition) is 1. The third-order valence-corrected chi connectivity index (χ3v) is 5.22. The van der Waals surface area contributed by atoms with E-state index >= 15 is 0 Å². The summed E-state index contributed by atoms with van der Waals surface area (Å²) in [7, 11) is 1.55. The number of halogens is 3. The van der Waals surface area contributed by atoms with Crippen molar-refractivity contribution in [3.8, 4) is 11.5 Å². The number of ether oxygens (including phenoxy) is 2. The molecule has 0 radical (unpaired) electrons. The molecular weight excluding hydrogens is 404 g/mol. The van der Waals surface area contributed by atoms with Crippen LogP contribution in [-0.2, 0) is 0 Å². The van der Waals surface area contributed by atoms with Crippen molar-refractivity contribution >= 4 is 34.9 Å². The molecule has 0 bridgehead atoms. The van der Waals surface area contributed by atoms with Crippen molar-refractivity contribution in [3.05, 3.63) is 46.2 Å². The predicted octanol–water partition coefficient (Wildman–Crippen LogP) is 5.35. The van der Waals surface area contributed by atoms with Gasteiger partial charge in [-0.25, -0.2) is 4.99 Å². The fourth-order valence-corrected chi connectivity index (χ4v) is 3.58. The standard InChI is InChI=1S/C20H22Cl2FN3O2/c1-12(16-5-3-4-8-25-16)28-18-9-13(6-7-17(18)27-2)20(23)26-19-14(21)10-24-11-15(19)22/h6-7,9-12,16,25H,3-5,8H2,1-2H3/b26-20-. The van der Waals surface area contributed by atoms with Crippen molar-refractivity contribution in [2.45, 2.75) is 38.3 Å². The van der Waals surface area contributed by atoms with Crippen molar-refractivity contribution < 1.29 is 13.9 Å². The molecule has 0 aliphatic carbocycles. The Morgan fingerprint density at radius 2 is 2.00 bits per heavy atom. The Labute approximate surface area is 173 Å². The maximum atomic E-state index is 14.8. The molecule has 3 rings (SSSR count). The maximum absolute atomic E-state index is 14.8. The fraction of sp³-hybridized carbons (Fsp3) is 0.400. The van der Waals surface area contributed by atoms with Gasteiger partial charge in [0.2, 0.25) is 5.97 Å². The molecule has 2 atom stereocenters. The molecule has 1 aromatic carbocycles. The zero-order valence-electron chi connectivity index (χ0n) is 15.7. The molecule has 28 heavy (non-hydrogen) atoms. The molecule has 1 fully saturated rings. The van der Waals surface area contributed by atoms with Gasteiger partial charge in [0.1, 0.15) is 11.8 Å². The molecule has 0 amide bonds. The van der Waals surface area contributed by atoms with Gasteiger partial charge in [0.25, 0.3) is 0 Å². The molecule has 0 spiro atoms. The Morgan fingerprint density at radius 3 is 2.64 bits per heavy atom. The molecule has 0 saturated carbocycles. The first-order valence-corrected chi connectivity index (χ1v) is 9.87. The Bertz CT molecular complexity index is 837. The van der Waals surface area contributed by atoms with Crippen molar-refractivity contribution in [2.75, 3.05) is 13.7 Å². The second kappa shape index (κ2) is 9.54. The number of aromatic nitrogens is 1.